The van der Waals surface area contributed by atoms with Gasteiger partial charge in [-0.05, 0) is 24.3 Å². The number of methoxy groups -OCH3 is 1. The second-order valence-corrected chi connectivity index (χ2v) is 9.12. The van der Waals surface area contributed by atoms with Crippen LogP contribution < -0.4 is 10.1 Å². The second kappa shape index (κ2) is 10.2. The fraction of sp³-hybridized carbons (Fsp3) is 0.346. The molecule has 1 fully saturated rings. The number of amides is 2. The number of benzene rings is 2. The van der Waals surface area contributed by atoms with E-state index in [1.54, 1.807) is 25.3 Å². The Morgan fingerprint density at radius 1 is 1.14 bits per heavy atom. The SMILES string of the molecule is COc1ccc(Cl)cc1NC(=O)CN1CCc2nc3ccccc3c(C(=O)N3CCOCC3)c2C1. The lowest BCUT2D eigenvalue weighted by atomic mass is 9.94. The maximum Gasteiger partial charge on any atom is 0.255 e. The number of rotatable bonds is 5. The minimum atomic E-state index is -0.177. The lowest BCUT2D eigenvalue weighted by Crippen LogP contribution is -2.42. The molecule has 3 heterocycles. The average Bonchev–Trinajstić information content (AvgIpc) is 2.87. The lowest BCUT2D eigenvalue weighted by molar-refractivity contribution is -0.117. The molecular weight excluding hydrogens is 468 g/mol. The summed E-state index contributed by atoms with van der Waals surface area (Å²) >= 11 is 6.10. The number of pyridine rings is 1. The summed E-state index contributed by atoms with van der Waals surface area (Å²) in [6.07, 6.45) is 0.664. The molecule has 3 aromatic rings. The molecule has 0 spiro atoms. The van der Waals surface area contributed by atoms with Crippen molar-refractivity contribution in [1.82, 2.24) is 14.8 Å². The highest BCUT2D eigenvalue weighted by Crippen LogP contribution is 2.30. The van der Waals surface area contributed by atoms with Crippen LogP contribution in [0.2, 0.25) is 5.02 Å². The van der Waals surface area contributed by atoms with E-state index in [9.17, 15) is 9.59 Å². The Bertz CT molecular complexity index is 1280. The highest BCUT2D eigenvalue weighted by Gasteiger charge is 2.29. The van der Waals surface area contributed by atoms with Crippen molar-refractivity contribution < 1.29 is 19.1 Å². The first-order valence-electron chi connectivity index (χ1n) is 11.7. The average molecular weight is 495 g/mol. The van der Waals surface area contributed by atoms with Gasteiger partial charge in [-0.1, -0.05) is 29.8 Å². The third-order valence-corrected chi connectivity index (χ3v) is 6.68. The van der Waals surface area contributed by atoms with Gasteiger partial charge in [-0.3, -0.25) is 19.5 Å². The number of fused-ring (bicyclic) bond motifs is 2. The van der Waals surface area contributed by atoms with Crippen molar-refractivity contribution in [3.05, 3.63) is 64.3 Å². The van der Waals surface area contributed by atoms with E-state index in [-0.39, 0.29) is 18.4 Å². The Balaban J connectivity index is 1.41. The Kier molecular flexibility index (Phi) is 6.86. The zero-order chi connectivity index (χ0) is 24.4. The first-order valence-corrected chi connectivity index (χ1v) is 12.0. The summed E-state index contributed by atoms with van der Waals surface area (Å²) in [5.41, 5.74) is 3.86. The number of morpholine rings is 1. The van der Waals surface area contributed by atoms with Gasteiger partial charge >= 0.3 is 0 Å². The smallest absolute Gasteiger partial charge is 0.255 e. The van der Waals surface area contributed by atoms with E-state index in [2.05, 4.69) is 5.32 Å². The van der Waals surface area contributed by atoms with Crippen LogP contribution in [-0.4, -0.2) is 73.1 Å². The Morgan fingerprint density at radius 3 is 2.74 bits per heavy atom. The van der Waals surface area contributed by atoms with Gasteiger partial charge in [0.1, 0.15) is 5.75 Å². The standard InChI is InChI=1S/C26H27ClN4O4/c1-34-23-7-6-17(27)14-22(23)29-24(32)16-30-9-8-21-19(15-30)25(18-4-2-3-5-20(18)28-21)26(33)31-10-12-35-13-11-31/h2-7,14H,8-13,15-16H2,1H3,(H,29,32). The van der Waals surface area contributed by atoms with Crippen LogP contribution in [0.4, 0.5) is 5.69 Å². The first-order chi connectivity index (χ1) is 17.0. The number of halogens is 1. The number of aromatic nitrogens is 1. The largest absolute Gasteiger partial charge is 0.495 e. The molecule has 1 aromatic heterocycles. The van der Waals surface area contributed by atoms with Crippen molar-refractivity contribution in [3.63, 3.8) is 0 Å². The molecule has 182 valence electrons. The van der Waals surface area contributed by atoms with Crippen molar-refractivity contribution in [3.8, 4) is 5.75 Å². The van der Waals surface area contributed by atoms with Crippen molar-refractivity contribution in [2.75, 3.05) is 51.8 Å². The van der Waals surface area contributed by atoms with Crippen LogP contribution in [0.25, 0.3) is 10.9 Å². The van der Waals surface area contributed by atoms with E-state index in [4.69, 9.17) is 26.1 Å². The Labute approximate surface area is 208 Å². The van der Waals surface area contributed by atoms with Crippen molar-refractivity contribution in [1.29, 1.82) is 0 Å². The Hall–Kier alpha value is -3.20. The van der Waals surface area contributed by atoms with Crippen LogP contribution in [0.15, 0.2) is 42.5 Å². The summed E-state index contributed by atoms with van der Waals surface area (Å²) in [4.78, 5) is 35.3. The van der Waals surface area contributed by atoms with Crippen LogP contribution in [0.5, 0.6) is 5.75 Å². The molecule has 0 radical (unpaired) electrons. The van der Waals surface area contributed by atoms with Crippen molar-refractivity contribution in [2.45, 2.75) is 13.0 Å². The molecule has 8 nitrogen and oxygen atoms in total. The Morgan fingerprint density at radius 2 is 1.94 bits per heavy atom. The summed E-state index contributed by atoms with van der Waals surface area (Å²) in [5, 5.41) is 4.25. The number of anilines is 1. The normalized spacial score (nSPS) is 16.1. The minimum Gasteiger partial charge on any atom is -0.495 e. The number of carbonyl (C=O) groups excluding carboxylic acids is 2. The molecule has 2 aliphatic heterocycles. The zero-order valence-corrected chi connectivity index (χ0v) is 20.3. The predicted molar refractivity (Wildman–Crippen MR) is 134 cm³/mol. The first kappa shape index (κ1) is 23.5. The van der Waals surface area contributed by atoms with Crippen LogP contribution >= 0.6 is 11.6 Å². The molecule has 0 aliphatic carbocycles. The van der Waals surface area contributed by atoms with E-state index >= 15 is 0 Å². The topological polar surface area (TPSA) is 84.0 Å². The zero-order valence-electron chi connectivity index (χ0n) is 19.6. The van der Waals surface area contributed by atoms with E-state index in [1.165, 1.54) is 0 Å². The molecule has 35 heavy (non-hydrogen) atoms. The molecule has 2 aromatic carbocycles. The van der Waals surface area contributed by atoms with Gasteiger partial charge in [-0.15, -0.1) is 0 Å². The third-order valence-electron chi connectivity index (χ3n) is 6.44. The van der Waals surface area contributed by atoms with Gasteiger partial charge in [0.25, 0.3) is 5.91 Å². The third kappa shape index (κ3) is 4.96. The molecule has 0 atom stereocenters. The molecule has 1 N–H and O–H groups in total. The van der Waals surface area contributed by atoms with Crippen molar-refractivity contribution in [2.24, 2.45) is 0 Å². The van der Waals surface area contributed by atoms with Gasteiger partial charge in [-0.25, -0.2) is 0 Å². The summed E-state index contributed by atoms with van der Waals surface area (Å²) < 4.78 is 10.8. The maximum absolute atomic E-state index is 13.7. The quantitative estimate of drug-likeness (QED) is 0.585. The molecule has 0 saturated carbocycles. The molecule has 1 saturated heterocycles. The number of para-hydroxylation sites is 1. The number of hydrogen-bond acceptors (Lipinski definition) is 6. The molecule has 9 heteroatoms. The van der Waals surface area contributed by atoms with Gasteiger partial charge in [-0.2, -0.15) is 0 Å². The molecule has 0 unspecified atom stereocenters. The van der Waals surface area contributed by atoms with Crippen LogP contribution in [0, 0.1) is 0 Å². The number of nitrogens with one attached hydrogen (secondary N) is 1. The monoisotopic (exact) mass is 494 g/mol. The maximum atomic E-state index is 13.7. The van der Waals surface area contributed by atoms with Gasteiger partial charge in [0.05, 0.1) is 43.6 Å². The van der Waals surface area contributed by atoms with Crippen LogP contribution in [-0.2, 0) is 22.5 Å². The summed E-state index contributed by atoms with van der Waals surface area (Å²) in [5.74, 6) is 0.364. The minimum absolute atomic E-state index is 0.00175. The van der Waals surface area contributed by atoms with Gasteiger partial charge in [0.2, 0.25) is 5.91 Å². The highest BCUT2D eigenvalue weighted by molar-refractivity contribution is 6.31. The van der Waals surface area contributed by atoms with E-state index < -0.39 is 0 Å². The van der Waals surface area contributed by atoms with Gasteiger partial charge in [0.15, 0.2) is 0 Å². The van der Waals surface area contributed by atoms with Crippen molar-refractivity contribution >= 4 is 40.0 Å². The summed E-state index contributed by atoms with van der Waals surface area (Å²) in [6, 6.07) is 12.9. The molecule has 2 aliphatic rings. The highest BCUT2D eigenvalue weighted by atomic mass is 35.5. The predicted octanol–water partition coefficient (Wildman–Crippen LogP) is 3.37. The fourth-order valence-corrected chi connectivity index (χ4v) is 4.89. The number of nitrogens with zero attached hydrogens (tertiary/aromatic N) is 3. The lowest BCUT2D eigenvalue weighted by Gasteiger charge is -2.32. The number of ether oxygens (including phenoxy) is 2. The van der Waals surface area contributed by atoms with Crippen LogP contribution in [0.1, 0.15) is 21.6 Å². The molecular formula is C26H27ClN4O4. The second-order valence-electron chi connectivity index (χ2n) is 8.69. The molecule has 2 amide bonds. The van der Waals surface area contributed by atoms with Gasteiger partial charge < -0.3 is 19.7 Å². The fourth-order valence-electron chi connectivity index (χ4n) is 4.72. The van der Waals surface area contributed by atoms with E-state index in [0.717, 1.165) is 22.2 Å². The van der Waals surface area contributed by atoms with Gasteiger partial charge in [0, 0.05) is 54.3 Å². The van der Waals surface area contributed by atoms with E-state index in [1.807, 2.05) is 34.1 Å². The summed E-state index contributed by atoms with van der Waals surface area (Å²) in [6.45, 7) is 3.53. The van der Waals surface area contributed by atoms with Crippen LogP contribution in [0.3, 0.4) is 0 Å². The summed E-state index contributed by atoms with van der Waals surface area (Å²) in [7, 11) is 1.55. The molecule has 5 rings (SSSR count). The number of carbonyl (C=O) groups is 2. The van der Waals surface area contributed by atoms with E-state index in [0.29, 0.717) is 67.8 Å². The molecule has 0 bridgehead atoms. The number of hydrogen-bond donors (Lipinski definition) is 1.